The Balaban J connectivity index is 2.19. The van der Waals surface area contributed by atoms with E-state index in [4.69, 9.17) is 4.84 Å². The molecule has 10 nitrogen and oxygen atoms in total. The van der Waals surface area contributed by atoms with Crippen LogP contribution in [0.15, 0.2) is 12.7 Å². The van der Waals surface area contributed by atoms with Crippen LogP contribution in [0.2, 0.25) is 0 Å². The van der Waals surface area contributed by atoms with Crippen molar-refractivity contribution in [2.45, 2.75) is 12.1 Å². The van der Waals surface area contributed by atoms with E-state index < -0.39 is 24.1 Å². The van der Waals surface area contributed by atoms with Crippen molar-refractivity contribution in [2.24, 2.45) is 7.05 Å². The van der Waals surface area contributed by atoms with Gasteiger partial charge in [-0.15, -0.1) is 6.58 Å². The van der Waals surface area contributed by atoms with Gasteiger partial charge in [-0.25, -0.2) is 9.59 Å². The Kier molecular flexibility index (Phi) is 3.99. The molecule has 0 unspecified atom stereocenters. The summed E-state index contributed by atoms with van der Waals surface area (Å²) in [5, 5.41) is 14.7. The first-order valence-electron chi connectivity index (χ1n) is 7.64. The average Bonchev–Trinajstić information content (AvgIpc) is 3.03. The van der Waals surface area contributed by atoms with Gasteiger partial charge in [-0.2, -0.15) is 10.2 Å². The number of nitrogens with zero attached hydrogens (tertiary/aromatic N) is 5. The number of carboxylic acids is 1. The van der Waals surface area contributed by atoms with Crippen LogP contribution in [-0.4, -0.2) is 74.9 Å². The minimum atomic E-state index is -1.22. The van der Waals surface area contributed by atoms with Gasteiger partial charge >= 0.3 is 12.0 Å². The lowest BCUT2D eigenvalue weighted by molar-refractivity contribution is -0.134. The molecule has 3 heterocycles. The van der Waals surface area contributed by atoms with Gasteiger partial charge in [0.05, 0.1) is 18.8 Å². The molecule has 0 spiro atoms. The Bertz CT molecular complexity index is 771. The first kappa shape index (κ1) is 17.0. The number of hydrogen-bond acceptors (Lipinski definition) is 5. The number of aryl methyl sites for hydroxylation is 1. The lowest BCUT2D eigenvalue weighted by atomic mass is 9.94. The summed E-state index contributed by atoms with van der Waals surface area (Å²) in [6, 6.07) is -2.08. The number of amides is 3. The second kappa shape index (κ2) is 5.88. The van der Waals surface area contributed by atoms with Crippen LogP contribution in [0.1, 0.15) is 33.8 Å². The fourth-order valence-electron chi connectivity index (χ4n) is 3.31. The maximum Gasteiger partial charge on any atom is 0.356 e. The Hall–Kier alpha value is -2.88. The van der Waals surface area contributed by atoms with Crippen LogP contribution in [0.5, 0.6) is 0 Å². The predicted molar refractivity (Wildman–Crippen MR) is 84.4 cm³/mol. The topological polar surface area (TPSA) is 108 Å². The minimum absolute atomic E-state index is 0.0837. The fraction of sp³-hybridized carbons (Fsp3) is 0.467. The zero-order valence-electron chi connectivity index (χ0n) is 14.2. The summed E-state index contributed by atoms with van der Waals surface area (Å²) >= 11 is 0. The summed E-state index contributed by atoms with van der Waals surface area (Å²) in [5.74, 6) is -1.55. The van der Waals surface area contributed by atoms with Crippen LogP contribution >= 0.6 is 0 Å². The van der Waals surface area contributed by atoms with Crippen LogP contribution in [0, 0.1) is 0 Å². The van der Waals surface area contributed by atoms with Crippen molar-refractivity contribution in [3.8, 4) is 0 Å². The maximum absolute atomic E-state index is 12.7. The van der Waals surface area contributed by atoms with Crippen LogP contribution < -0.4 is 0 Å². The molecular formula is C15H19N5O5. The molecule has 1 aromatic heterocycles. The van der Waals surface area contributed by atoms with E-state index in [1.807, 2.05) is 0 Å². The fourth-order valence-corrected chi connectivity index (χ4v) is 3.31. The molecule has 25 heavy (non-hydrogen) atoms. The highest BCUT2D eigenvalue weighted by Crippen LogP contribution is 2.45. The number of aromatic nitrogens is 2. The lowest BCUT2D eigenvalue weighted by Crippen LogP contribution is -2.44. The molecule has 0 aliphatic carbocycles. The van der Waals surface area contributed by atoms with Gasteiger partial charge in [0.25, 0.3) is 5.91 Å². The summed E-state index contributed by atoms with van der Waals surface area (Å²) in [6.07, 6.45) is 1.48. The number of hydrogen-bond donors (Lipinski definition) is 1. The number of carboxylic acid groups (broad SMARTS) is 1. The number of fused-ring (bicyclic) bond motifs is 4. The van der Waals surface area contributed by atoms with Crippen molar-refractivity contribution in [1.29, 1.82) is 0 Å². The van der Waals surface area contributed by atoms with E-state index in [-0.39, 0.29) is 24.8 Å². The highest BCUT2D eigenvalue weighted by atomic mass is 16.7. The summed E-state index contributed by atoms with van der Waals surface area (Å²) in [6.45, 7) is 3.78. The summed E-state index contributed by atoms with van der Waals surface area (Å²) in [4.78, 5) is 45.3. The monoisotopic (exact) mass is 349 g/mol. The molecule has 1 fully saturated rings. The van der Waals surface area contributed by atoms with E-state index in [1.54, 1.807) is 21.1 Å². The highest BCUT2D eigenvalue weighted by molar-refractivity contribution is 5.94. The third-order valence-electron chi connectivity index (χ3n) is 4.33. The molecule has 1 aromatic rings. The first-order chi connectivity index (χ1) is 11.8. The van der Waals surface area contributed by atoms with E-state index in [2.05, 4.69) is 11.7 Å². The lowest BCUT2D eigenvalue weighted by Gasteiger charge is -2.31. The Morgan fingerprint density at radius 3 is 2.72 bits per heavy atom. The Morgan fingerprint density at radius 1 is 1.48 bits per heavy atom. The quantitative estimate of drug-likeness (QED) is 0.759. The Labute approximate surface area is 143 Å². The van der Waals surface area contributed by atoms with Crippen molar-refractivity contribution in [3.63, 3.8) is 0 Å². The molecule has 2 aliphatic rings. The van der Waals surface area contributed by atoms with E-state index >= 15 is 0 Å². The van der Waals surface area contributed by atoms with Crippen LogP contribution in [-0.2, 0) is 16.7 Å². The number of aromatic carboxylic acids is 1. The largest absolute Gasteiger partial charge is 0.476 e. The van der Waals surface area contributed by atoms with Crippen molar-refractivity contribution in [1.82, 2.24) is 24.6 Å². The van der Waals surface area contributed by atoms with Crippen LogP contribution in [0.4, 0.5) is 4.79 Å². The molecular weight excluding hydrogens is 330 g/mol. The molecule has 2 aliphatic heterocycles. The van der Waals surface area contributed by atoms with Crippen molar-refractivity contribution < 1.29 is 24.3 Å². The molecule has 2 bridgehead atoms. The van der Waals surface area contributed by atoms with Gasteiger partial charge in [0.2, 0.25) is 0 Å². The third kappa shape index (κ3) is 2.37. The number of likely N-dealkylation sites (N-methyl/N-ethyl adjacent to an activating group) is 1. The Morgan fingerprint density at radius 2 is 2.16 bits per heavy atom. The predicted octanol–water partition coefficient (Wildman–Crippen LogP) is 0.157. The van der Waals surface area contributed by atoms with E-state index in [1.165, 1.54) is 20.6 Å². The van der Waals surface area contributed by atoms with Crippen LogP contribution in [0.3, 0.4) is 0 Å². The average molecular weight is 349 g/mol. The molecule has 0 radical (unpaired) electrons. The van der Waals surface area contributed by atoms with Gasteiger partial charge in [-0.1, -0.05) is 6.08 Å². The zero-order chi connectivity index (χ0) is 18.5. The van der Waals surface area contributed by atoms with Crippen molar-refractivity contribution in [3.05, 3.63) is 29.6 Å². The van der Waals surface area contributed by atoms with Gasteiger partial charge in [0, 0.05) is 26.7 Å². The zero-order valence-corrected chi connectivity index (χ0v) is 14.2. The summed E-state index contributed by atoms with van der Waals surface area (Å²) in [7, 11) is 4.72. The molecule has 10 heteroatoms. The minimum Gasteiger partial charge on any atom is -0.476 e. The van der Waals surface area contributed by atoms with Gasteiger partial charge < -0.3 is 14.9 Å². The van der Waals surface area contributed by atoms with Gasteiger partial charge in [0.15, 0.2) is 11.7 Å². The van der Waals surface area contributed by atoms with Crippen molar-refractivity contribution in [2.75, 3.05) is 27.2 Å². The molecule has 0 saturated carbocycles. The van der Waals surface area contributed by atoms with E-state index in [0.717, 1.165) is 5.06 Å². The molecule has 3 rings (SSSR count). The number of carbonyl (C=O) groups excluding carboxylic acids is 2. The number of urea groups is 1. The van der Waals surface area contributed by atoms with E-state index in [0.29, 0.717) is 11.3 Å². The van der Waals surface area contributed by atoms with Gasteiger partial charge in [-0.05, 0) is 0 Å². The number of rotatable bonds is 5. The van der Waals surface area contributed by atoms with E-state index in [9.17, 15) is 19.5 Å². The molecule has 2 atom stereocenters. The second-order valence-corrected chi connectivity index (χ2v) is 6.07. The third-order valence-corrected chi connectivity index (χ3v) is 4.33. The smallest absolute Gasteiger partial charge is 0.356 e. The molecule has 1 N–H and O–H groups in total. The summed E-state index contributed by atoms with van der Waals surface area (Å²) < 4.78 is 1.36. The van der Waals surface area contributed by atoms with Gasteiger partial charge in [0.1, 0.15) is 6.04 Å². The molecule has 0 aromatic carbocycles. The first-order valence-corrected chi connectivity index (χ1v) is 7.64. The molecule has 1 saturated heterocycles. The SMILES string of the molecule is C=CCON1C(=O)N2C[C@H]1c1c(C(=O)O)nn(C)c1[C@H]2C(=O)N(C)C. The normalized spacial score (nSPS) is 21.3. The molecule has 134 valence electrons. The highest BCUT2D eigenvalue weighted by Gasteiger charge is 2.54. The number of carbonyl (C=O) groups is 3. The second-order valence-electron chi connectivity index (χ2n) is 6.07. The standard InChI is InChI=1S/C15H19N5O5/c1-5-6-25-20-8-7-19(15(20)24)12(13(21)17(2)3)11-9(8)10(14(22)23)16-18(11)4/h5,8,12H,1,6-7H2,2-4H3,(H,22,23)/t8-,12-/m0/s1. The van der Waals surface area contributed by atoms with Gasteiger partial charge in [-0.3, -0.25) is 14.3 Å². The maximum atomic E-state index is 12.7. The van der Waals surface area contributed by atoms with Crippen LogP contribution in [0.25, 0.3) is 0 Å². The summed E-state index contributed by atoms with van der Waals surface area (Å²) in [5.41, 5.74) is 0.548. The van der Waals surface area contributed by atoms with Crippen molar-refractivity contribution >= 4 is 17.9 Å². The number of hydroxylamine groups is 2. The molecule has 3 amide bonds.